The summed E-state index contributed by atoms with van der Waals surface area (Å²) in [5.41, 5.74) is 1.47. The van der Waals surface area contributed by atoms with Gasteiger partial charge in [-0.25, -0.2) is 9.37 Å². The maximum atomic E-state index is 13.8. The van der Waals surface area contributed by atoms with Gasteiger partial charge in [0, 0.05) is 6.54 Å². The molecule has 4 aromatic rings. The zero-order chi connectivity index (χ0) is 25.7. The first-order chi connectivity index (χ1) is 17.5. The van der Waals surface area contributed by atoms with Gasteiger partial charge in [0.05, 0.1) is 22.6 Å². The maximum absolute atomic E-state index is 13.8. The smallest absolute Gasteiger partial charge is 0.266 e. The SMILES string of the molecule is CCCCN(C(=O)C(Cl)c1ccccc1)C(CC)c1nc2ccccc2c(=O)n1-c1ccc(F)cc1. The van der Waals surface area contributed by atoms with Gasteiger partial charge in [0.1, 0.15) is 17.0 Å². The van der Waals surface area contributed by atoms with Gasteiger partial charge in [-0.05, 0) is 54.8 Å². The fraction of sp³-hybridized carbons (Fsp3) is 0.276. The Morgan fingerprint density at radius 3 is 2.33 bits per heavy atom. The van der Waals surface area contributed by atoms with E-state index in [2.05, 4.69) is 6.92 Å². The van der Waals surface area contributed by atoms with Gasteiger partial charge in [0.15, 0.2) is 0 Å². The zero-order valence-electron chi connectivity index (χ0n) is 20.4. The summed E-state index contributed by atoms with van der Waals surface area (Å²) in [5, 5.41) is -0.421. The van der Waals surface area contributed by atoms with Crippen molar-refractivity contribution in [3.05, 3.63) is 106 Å². The molecule has 5 nitrogen and oxygen atoms in total. The number of nitrogens with zero attached hydrogens (tertiary/aromatic N) is 3. The Hall–Kier alpha value is -3.51. The summed E-state index contributed by atoms with van der Waals surface area (Å²) >= 11 is 6.70. The van der Waals surface area contributed by atoms with Gasteiger partial charge < -0.3 is 4.90 Å². The second-order valence-electron chi connectivity index (χ2n) is 8.69. The molecule has 0 saturated carbocycles. The Labute approximate surface area is 215 Å². The number of benzene rings is 3. The molecule has 1 amide bonds. The predicted octanol–water partition coefficient (Wildman–Crippen LogP) is 6.58. The number of halogens is 2. The fourth-order valence-electron chi connectivity index (χ4n) is 4.41. The minimum atomic E-state index is -0.872. The van der Waals surface area contributed by atoms with E-state index in [0.29, 0.717) is 40.9 Å². The summed E-state index contributed by atoms with van der Waals surface area (Å²) in [7, 11) is 0. The third kappa shape index (κ3) is 5.19. The number of fused-ring (bicyclic) bond motifs is 1. The van der Waals surface area contributed by atoms with Crippen LogP contribution in [-0.4, -0.2) is 26.9 Å². The summed E-state index contributed by atoms with van der Waals surface area (Å²) in [6, 6.07) is 21.6. The van der Waals surface area contributed by atoms with Crippen molar-refractivity contribution >= 4 is 28.4 Å². The van der Waals surface area contributed by atoms with Crippen LogP contribution < -0.4 is 5.56 Å². The number of amides is 1. The van der Waals surface area contributed by atoms with Crippen LogP contribution in [0.15, 0.2) is 83.7 Å². The van der Waals surface area contributed by atoms with Crippen molar-refractivity contribution in [1.29, 1.82) is 0 Å². The first-order valence-corrected chi connectivity index (χ1v) is 12.7. The first kappa shape index (κ1) is 25.6. The number of rotatable bonds is 9. The molecule has 0 spiro atoms. The van der Waals surface area contributed by atoms with Crippen molar-refractivity contribution in [2.45, 2.75) is 44.5 Å². The molecule has 0 radical (unpaired) electrons. The number of carbonyl (C=O) groups is 1. The lowest BCUT2D eigenvalue weighted by Crippen LogP contribution is -2.40. The van der Waals surface area contributed by atoms with Crippen molar-refractivity contribution in [1.82, 2.24) is 14.5 Å². The van der Waals surface area contributed by atoms with E-state index in [9.17, 15) is 14.0 Å². The van der Waals surface area contributed by atoms with E-state index in [0.717, 1.165) is 12.8 Å². The van der Waals surface area contributed by atoms with Crippen LogP contribution in [0.1, 0.15) is 55.9 Å². The number of carbonyl (C=O) groups excluding carboxylic acids is 1. The fourth-order valence-corrected chi connectivity index (χ4v) is 4.68. The van der Waals surface area contributed by atoms with Crippen LogP contribution in [0, 0.1) is 5.82 Å². The highest BCUT2D eigenvalue weighted by atomic mass is 35.5. The van der Waals surface area contributed by atoms with E-state index in [1.807, 2.05) is 43.3 Å². The number of alkyl halides is 1. The molecule has 3 aromatic carbocycles. The molecule has 0 N–H and O–H groups in total. The molecule has 1 aromatic heterocycles. The zero-order valence-corrected chi connectivity index (χ0v) is 21.2. The highest BCUT2D eigenvalue weighted by Gasteiger charge is 2.32. The van der Waals surface area contributed by atoms with Gasteiger partial charge in [-0.2, -0.15) is 0 Å². The molecule has 186 valence electrons. The van der Waals surface area contributed by atoms with Crippen LogP contribution in [0.4, 0.5) is 4.39 Å². The summed E-state index contributed by atoms with van der Waals surface area (Å²) in [6.45, 7) is 4.48. The lowest BCUT2D eigenvalue weighted by atomic mass is 10.1. The molecular weight excluding hydrogens is 477 g/mol. The Kier molecular flexibility index (Phi) is 8.16. The normalized spacial score (nSPS) is 12.9. The Morgan fingerprint density at radius 2 is 1.67 bits per heavy atom. The molecule has 7 heteroatoms. The standard InChI is InChI=1S/C29H29ClFN3O2/c1-3-5-19-33(29(36)26(30)20-11-7-6-8-12-20)25(4-2)27-32-24-14-10-9-13-23(24)28(35)34(27)22-17-15-21(31)16-18-22/h6-18,25-26H,3-5,19H2,1-2H3. The van der Waals surface area contributed by atoms with Crippen molar-refractivity contribution in [3.8, 4) is 5.69 Å². The maximum Gasteiger partial charge on any atom is 0.266 e. The second-order valence-corrected chi connectivity index (χ2v) is 9.12. The Bertz CT molecular complexity index is 1390. The molecule has 2 atom stereocenters. The molecule has 1 heterocycles. The summed E-state index contributed by atoms with van der Waals surface area (Å²) in [6.07, 6.45) is 2.17. The van der Waals surface area contributed by atoms with E-state index < -0.39 is 17.2 Å². The molecule has 0 aliphatic heterocycles. The largest absolute Gasteiger partial charge is 0.331 e. The predicted molar refractivity (Wildman–Crippen MR) is 142 cm³/mol. The Morgan fingerprint density at radius 1 is 1.00 bits per heavy atom. The van der Waals surface area contributed by atoms with Crippen LogP contribution in [-0.2, 0) is 4.79 Å². The molecule has 4 rings (SSSR count). The third-order valence-corrected chi connectivity index (χ3v) is 6.73. The number of hydrogen-bond donors (Lipinski definition) is 0. The van der Waals surface area contributed by atoms with Gasteiger partial charge in [0.25, 0.3) is 5.56 Å². The topological polar surface area (TPSA) is 55.2 Å². The molecule has 0 saturated heterocycles. The number of aromatic nitrogens is 2. The minimum absolute atomic E-state index is 0.240. The summed E-state index contributed by atoms with van der Waals surface area (Å²) < 4.78 is 15.2. The van der Waals surface area contributed by atoms with Gasteiger partial charge >= 0.3 is 0 Å². The highest BCUT2D eigenvalue weighted by molar-refractivity contribution is 6.30. The highest BCUT2D eigenvalue weighted by Crippen LogP contribution is 2.31. The molecule has 36 heavy (non-hydrogen) atoms. The van der Waals surface area contributed by atoms with Gasteiger partial charge in [0.2, 0.25) is 5.91 Å². The van der Waals surface area contributed by atoms with Gasteiger partial charge in [-0.15, -0.1) is 11.6 Å². The minimum Gasteiger partial charge on any atom is -0.331 e. The van der Waals surface area contributed by atoms with Crippen LogP contribution in [0.2, 0.25) is 0 Å². The molecule has 0 aliphatic rings. The Balaban J connectivity index is 1.90. The van der Waals surface area contributed by atoms with Gasteiger partial charge in [-0.1, -0.05) is 62.7 Å². The van der Waals surface area contributed by atoms with Crippen molar-refractivity contribution in [3.63, 3.8) is 0 Å². The van der Waals surface area contributed by atoms with Crippen molar-refractivity contribution < 1.29 is 9.18 Å². The van der Waals surface area contributed by atoms with E-state index >= 15 is 0 Å². The van der Waals surface area contributed by atoms with Crippen molar-refractivity contribution in [2.75, 3.05) is 6.54 Å². The van der Waals surface area contributed by atoms with Crippen LogP contribution in [0.5, 0.6) is 0 Å². The monoisotopic (exact) mass is 505 g/mol. The lowest BCUT2D eigenvalue weighted by molar-refractivity contribution is -0.133. The van der Waals surface area contributed by atoms with E-state index in [-0.39, 0.29) is 11.5 Å². The third-order valence-electron chi connectivity index (χ3n) is 6.29. The van der Waals surface area contributed by atoms with E-state index in [4.69, 9.17) is 16.6 Å². The second kappa shape index (κ2) is 11.5. The van der Waals surface area contributed by atoms with Crippen LogP contribution in [0.25, 0.3) is 16.6 Å². The van der Waals surface area contributed by atoms with Crippen molar-refractivity contribution in [2.24, 2.45) is 0 Å². The number of para-hydroxylation sites is 1. The molecule has 0 bridgehead atoms. The average Bonchev–Trinajstić information content (AvgIpc) is 2.91. The van der Waals surface area contributed by atoms with Crippen LogP contribution in [0.3, 0.4) is 0 Å². The average molecular weight is 506 g/mol. The molecule has 0 fully saturated rings. The van der Waals surface area contributed by atoms with E-state index in [1.165, 1.54) is 16.7 Å². The number of hydrogen-bond acceptors (Lipinski definition) is 3. The number of unbranched alkanes of at least 4 members (excludes halogenated alkanes) is 1. The van der Waals surface area contributed by atoms with Crippen LogP contribution >= 0.6 is 11.6 Å². The lowest BCUT2D eigenvalue weighted by Gasteiger charge is -2.33. The molecular formula is C29H29ClFN3O2. The first-order valence-electron chi connectivity index (χ1n) is 12.2. The summed E-state index contributed by atoms with van der Waals surface area (Å²) in [4.78, 5) is 34.1. The molecule has 2 unspecified atom stereocenters. The van der Waals surface area contributed by atoms with E-state index in [1.54, 1.807) is 35.2 Å². The van der Waals surface area contributed by atoms with Gasteiger partial charge in [-0.3, -0.25) is 14.2 Å². The summed E-state index contributed by atoms with van der Waals surface area (Å²) in [5.74, 6) is -0.216. The quantitative estimate of drug-likeness (QED) is 0.241. The molecule has 0 aliphatic carbocycles.